The monoisotopic (exact) mass is 209 g/mol. The van der Waals surface area contributed by atoms with Crippen LogP contribution in [-0.2, 0) is 19.5 Å². The van der Waals surface area contributed by atoms with Gasteiger partial charge < -0.3 is 9.47 Å². The van der Waals surface area contributed by atoms with E-state index < -0.39 is 10.0 Å². The van der Waals surface area contributed by atoms with E-state index in [0.29, 0.717) is 19.8 Å². The van der Waals surface area contributed by atoms with Gasteiger partial charge in [0.15, 0.2) is 0 Å². The third kappa shape index (κ3) is 4.56. The maximum Gasteiger partial charge on any atom is 0.209 e. The quantitative estimate of drug-likeness (QED) is 0.651. The fourth-order valence-corrected chi connectivity index (χ4v) is 1.94. The minimum absolute atomic E-state index is 0.0272. The van der Waals surface area contributed by atoms with Crippen LogP contribution in [0.4, 0.5) is 0 Å². The summed E-state index contributed by atoms with van der Waals surface area (Å²) < 4.78 is 31.6. The number of hydrogen-bond donors (Lipinski definition) is 1. The summed E-state index contributed by atoms with van der Waals surface area (Å²) in [6.07, 6.45) is 0.142. The summed E-state index contributed by atoms with van der Waals surface area (Å²) in [7, 11) is -3.37. The lowest BCUT2D eigenvalue weighted by Gasteiger charge is -2.27. The number of hydrogen-bond acceptors (Lipinski definition) is 4. The van der Waals surface area contributed by atoms with Crippen molar-refractivity contribution in [3.05, 3.63) is 0 Å². The second-order valence-corrected chi connectivity index (χ2v) is 5.09. The largest absolute Gasteiger partial charge is 0.376 e. The smallest absolute Gasteiger partial charge is 0.209 e. The summed E-state index contributed by atoms with van der Waals surface area (Å²) in [5.74, 6) is -0.0868. The first-order chi connectivity index (χ1) is 5.97. The average molecular weight is 209 g/mol. The molecule has 1 saturated heterocycles. The molecule has 2 N–H and O–H groups in total. The number of nitrogens with two attached hydrogens (primary N) is 1. The molecule has 1 aliphatic rings. The average Bonchev–Trinajstić information content (AvgIpc) is 1.78. The fourth-order valence-electron chi connectivity index (χ4n) is 1.06. The van der Waals surface area contributed by atoms with E-state index >= 15 is 0 Å². The van der Waals surface area contributed by atoms with Crippen LogP contribution >= 0.6 is 0 Å². The highest BCUT2D eigenvalue weighted by molar-refractivity contribution is 7.89. The van der Waals surface area contributed by atoms with Crippen molar-refractivity contribution in [3.63, 3.8) is 0 Å². The first-order valence-electron chi connectivity index (χ1n) is 4.17. The fraction of sp³-hybridized carbons (Fsp3) is 1.00. The standard InChI is InChI=1S/C7H15NO4S/c1-6(5-13(8,9)10)2-12-7-3-11-4-7/h6-7H,2-5H2,1H3,(H2,8,9,10). The molecule has 1 heterocycles. The number of rotatable bonds is 5. The number of sulfonamides is 1. The van der Waals surface area contributed by atoms with Crippen molar-refractivity contribution >= 4 is 10.0 Å². The van der Waals surface area contributed by atoms with Crippen LogP contribution < -0.4 is 5.14 Å². The maximum absolute atomic E-state index is 10.7. The predicted molar refractivity (Wildman–Crippen MR) is 47.7 cm³/mol. The highest BCUT2D eigenvalue weighted by Gasteiger charge is 2.20. The van der Waals surface area contributed by atoms with Crippen molar-refractivity contribution < 1.29 is 17.9 Å². The summed E-state index contributed by atoms with van der Waals surface area (Å²) in [6.45, 7) is 3.44. The van der Waals surface area contributed by atoms with Gasteiger partial charge in [0.25, 0.3) is 0 Å². The van der Waals surface area contributed by atoms with E-state index in [1.807, 2.05) is 0 Å². The molecule has 1 aliphatic heterocycles. The molecule has 5 nitrogen and oxygen atoms in total. The Kier molecular flexibility index (Phi) is 3.66. The molecule has 1 fully saturated rings. The Labute approximate surface area is 78.3 Å². The van der Waals surface area contributed by atoms with Gasteiger partial charge in [0.05, 0.1) is 25.6 Å². The van der Waals surface area contributed by atoms with Crippen LogP contribution in [0.3, 0.4) is 0 Å². The molecular formula is C7H15NO4S. The molecule has 1 rings (SSSR count). The third-order valence-electron chi connectivity index (χ3n) is 1.74. The third-order valence-corrected chi connectivity index (χ3v) is 2.77. The van der Waals surface area contributed by atoms with Gasteiger partial charge in [-0.05, 0) is 5.92 Å². The zero-order valence-corrected chi connectivity index (χ0v) is 8.42. The summed E-state index contributed by atoms with van der Waals surface area (Å²) in [6, 6.07) is 0. The molecule has 0 aromatic rings. The molecule has 0 amide bonds. The lowest BCUT2D eigenvalue weighted by molar-refractivity contribution is -0.134. The Bertz CT molecular complexity index is 247. The molecule has 1 atom stereocenters. The second-order valence-electron chi connectivity index (χ2n) is 3.43. The summed E-state index contributed by atoms with van der Waals surface area (Å²) in [5.41, 5.74) is 0. The Hall–Kier alpha value is -0.170. The Morgan fingerprint density at radius 3 is 2.62 bits per heavy atom. The van der Waals surface area contributed by atoms with Gasteiger partial charge in [0.1, 0.15) is 6.10 Å². The maximum atomic E-state index is 10.7. The van der Waals surface area contributed by atoms with Crippen molar-refractivity contribution in [2.75, 3.05) is 25.6 Å². The molecule has 0 saturated carbocycles. The van der Waals surface area contributed by atoms with E-state index in [1.54, 1.807) is 6.92 Å². The van der Waals surface area contributed by atoms with Crippen LogP contribution in [0.1, 0.15) is 6.92 Å². The topological polar surface area (TPSA) is 78.6 Å². The van der Waals surface area contributed by atoms with E-state index in [2.05, 4.69) is 0 Å². The van der Waals surface area contributed by atoms with Crippen molar-refractivity contribution in [3.8, 4) is 0 Å². The van der Waals surface area contributed by atoms with Crippen LogP contribution in [0.5, 0.6) is 0 Å². The molecule has 0 aromatic heterocycles. The highest BCUT2D eigenvalue weighted by Crippen LogP contribution is 2.08. The van der Waals surface area contributed by atoms with E-state index in [9.17, 15) is 8.42 Å². The number of ether oxygens (including phenoxy) is 2. The van der Waals surface area contributed by atoms with Crippen molar-refractivity contribution in [2.24, 2.45) is 11.1 Å². The van der Waals surface area contributed by atoms with Crippen molar-refractivity contribution in [2.45, 2.75) is 13.0 Å². The molecular weight excluding hydrogens is 194 g/mol. The van der Waals surface area contributed by atoms with Gasteiger partial charge in [-0.2, -0.15) is 0 Å². The molecule has 0 bridgehead atoms. The zero-order valence-electron chi connectivity index (χ0n) is 7.60. The summed E-state index contributed by atoms with van der Waals surface area (Å²) >= 11 is 0. The number of primary sulfonamides is 1. The van der Waals surface area contributed by atoms with Gasteiger partial charge in [-0.3, -0.25) is 0 Å². The van der Waals surface area contributed by atoms with Crippen molar-refractivity contribution in [1.29, 1.82) is 0 Å². The first-order valence-corrected chi connectivity index (χ1v) is 5.89. The van der Waals surface area contributed by atoms with Gasteiger partial charge in [0, 0.05) is 0 Å². The molecule has 0 spiro atoms. The van der Waals surface area contributed by atoms with E-state index in [4.69, 9.17) is 14.6 Å². The van der Waals surface area contributed by atoms with E-state index in [-0.39, 0.29) is 17.8 Å². The van der Waals surface area contributed by atoms with Gasteiger partial charge >= 0.3 is 0 Å². The summed E-state index contributed by atoms with van der Waals surface area (Å²) in [4.78, 5) is 0. The summed E-state index contributed by atoms with van der Waals surface area (Å²) in [5, 5.41) is 4.88. The van der Waals surface area contributed by atoms with Gasteiger partial charge in [-0.15, -0.1) is 0 Å². The second kappa shape index (κ2) is 4.36. The molecule has 6 heteroatoms. The van der Waals surface area contributed by atoms with Gasteiger partial charge in [0.2, 0.25) is 10.0 Å². The Balaban J connectivity index is 2.13. The molecule has 78 valence electrons. The molecule has 0 aliphatic carbocycles. The lowest BCUT2D eigenvalue weighted by atomic mass is 10.2. The Morgan fingerprint density at radius 1 is 1.62 bits per heavy atom. The highest BCUT2D eigenvalue weighted by atomic mass is 32.2. The van der Waals surface area contributed by atoms with Crippen molar-refractivity contribution in [1.82, 2.24) is 0 Å². The zero-order chi connectivity index (χ0) is 9.90. The normalized spacial score (nSPS) is 21.1. The minimum Gasteiger partial charge on any atom is -0.376 e. The Morgan fingerprint density at radius 2 is 2.23 bits per heavy atom. The molecule has 1 unspecified atom stereocenters. The molecule has 0 radical (unpaired) electrons. The van der Waals surface area contributed by atoms with Crippen LogP contribution in [0.25, 0.3) is 0 Å². The first kappa shape index (κ1) is 10.9. The van der Waals surface area contributed by atoms with Crippen LogP contribution in [0.2, 0.25) is 0 Å². The van der Waals surface area contributed by atoms with Crippen LogP contribution in [0.15, 0.2) is 0 Å². The SMILES string of the molecule is CC(COC1COC1)CS(N)(=O)=O. The van der Waals surface area contributed by atoms with Gasteiger partial charge in [-0.25, -0.2) is 13.6 Å². The van der Waals surface area contributed by atoms with Gasteiger partial charge in [-0.1, -0.05) is 6.92 Å². The van der Waals surface area contributed by atoms with E-state index in [1.165, 1.54) is 0 Å². The van der Waals surface area contributed by atoms with Crippen LogP contribution in [0, 0.1) is 5.92 Å². The predicted octanol–water partition coefficient (Wildman–Crippen LogP) is -0.674. The molecule has 0 aromatic carbocycles. The molecule has 13 heavy (non-hydrogen) atoms. The van der Waals surface area contributed by atoms with Crippen LogP contribution in [-0.4, -0.2) is 40.1 Å². The lowest BCUT2D eigenvalue weighted by Crippen LogP contribution is -2.37. The van der Waals surface area contributed by atoms with E-state index in [0.717, 1.165) is 0 Å². The minimum atomic E-state index is -3.37.